The SMILES string of the molecule is CC(C)(C)c1ncc(C(=O)N2CCC[C@H](c3cc4cccnc4c(=O)[nH]3)C2)cn1. The predicted molar refractivity (Wildman–Crippen MR) is 111 cm³/mol. The van der Waals surface area contributed by atoms with Crippen LogP contribution in [0.3, 0.4) is 0 Å². The lowest BCUT2D eigenvalue weighted by molar-refractivity contribution is 0.0705. The molecule has 1 amide bonds. The second kappa shape index (κ2) is 7.39. The van der Waals surface area contributed by atoms with Crippen LogP contribution in [0.5, 0.6) is 0 Å². The van der Waals surface area contributed by atoms with E-state index in [-0.39, 0.29) is 22.8 Å². The monoisotopic (exact) mass is 391 g/mol. The summed E-state index contributed by atoms with van der Waals surface area (Å²) in [6, 6.07) is 5.69. The van der Waals surface area contributed by atoms with Crippen LogP contribution in [0, 0.1) is 0 Å². The molecule has 29 heavy (non-hydrogen) atoms. The van der Waals surface area contributed by atoms with Crippen LogP contribution >= 0.6 is 0 Å². The average Bonchev–Trinajstić information content (AvgIpc) is 2.73. The Bertz CT molecular complexity index is 1100. The molecule has 1 fully saturated rings. The number of piperidine rings is 1. The lowest BCUT2D eigenvalue weighted by Gasteiger charge is -2.32. The Morgan fingerprint density at radius 3 is 2.69 bits per heavy atom. The number of carbonyl (C=O) groups excluding carboxylic acids is 1. The number of amides is 1. The van der Waals surface area contributed by atoms with E-state index in [9.17, 15) is 9.59 Å². The van der Waals surface area contributed by atoms with Gasteiger partial charge in [-0.25, -0.2) is 9.97 Å². The number of hydrogen-bond acceptors (Lipinski definition) is 5. The van der Waals surface area contributed by atoms with Gasteiger partial charge in [-0.1, -0.05) is 26.8 Å². The highest BCUT2D eigenvalue weighted by Crippen LogP contribution is 2.27. The Morgan fingerprint density at radius 2 is 1.97 bits per heavy atom. The fourth-order valence-electron chi connectivity index (χ4n) is 3.76. The van der Waals surface area contributed by atoms with Gasteiger partial charge in [-0.3, -0.25) is 14.6 Å². The molecule has 1 saturated heterocycles. The van der Waals surface area contributed by atoms with Crippen LogP contribution < -0.4 is 5.56 Å². The summed E-state index contributed by atoms with van der Waals surface area (Å²) < 4.78 is 0. The largest absolute Gasteiger partial charge is 0.338 e. The summed E-state index contributed by atoms with van der Waals surface area (Å²) in [4.78, 5) is 43.1. The van der Waals surface area contributed by atoms with Crippen molar-refractivity contribution in [1.29, 1.82) is 0 Å². The summed E-state index contributed by atoms with van der Waals surface area (Å²) in [5.41, 5.74) is 1.44. The predicted octanol–water partition coefficient (Wildman–Crippen LogP) is 3.03. The molecule has 0 aromatic carbocycles. The molecular weight excluding hydrogens is 366 g/mol. The molecule has 0 aliphatic carbocycles. The van der Waals surface area contributed by atoms with Crippen LogP contribution in [0.4, 0.5) is 0 Å². The lowest BCUT2D eigenvalue weighted by atomic mass is 9.93. The van der Waals surface area contributed by atoms with Crippen molar-refractivity contribution in [3.63, 3.8) is 0 Å². The topological polar surface area (TPSA) is 91.8 Å². The van der Waals surface area contributed by atoms with E-state index < -0.39 is 0 Å². The van der Waals surface area contributed by atoms with E-state index in [1.165, 1.54) is 0 Å². The number of fused-ring (bicyclic) bond motifs is 1. The van der Waals surface area contributed by atoms with Crippen LogP contribution in [0.15, 0.2) is 41.6 Å². The molecule has 0 bridgehead atoms. The van der Waals surface area contributed by atoms with Gasteiger partial charge in [0.05, 0.1) is 5.56 Å². The van der Waals surface area contributed by atoms with Crippen molar-refractivity contribution in [2.24, 2.45) is 0 Å². The lowest BCUT2D eigenvalue weighted by Crippen LogP contribution is -2.39. The Hall–Kier alpha value is -3.09. The molecule has 0 unspecified atom stereocenters. The molecule has 7 heteroatoms. The van der Waals surface area contributed by atoms with Crippen LogP contribution in [-0.2, 0) is 5.41 Å². The molecule has 150 valence electrons. The van der Waals surface area contributed by atoms with Crippen molar-refractivity contribution >= 4 is 16.8 Å². The summed E-state index contributed by atoms with van der Waals surface area (Å²) >= 11 is 0. The van der Waals surface area contributed by atoms with Crippen LogP contribution in [-0.4, -0.2) is 43.8 Å². The van der Waals surface area contributed by atoms with Gasteiger partial charge in [0.2, 0.25) is 0 Å². The van der Waals surface area contributed by atoms with E-state index in [4.69, 9.17) is 0 Å². The third kappa shape index (κ3) is 3.90. The van der Waals surface area contributed by atoms with Crippen molar-refractivity contribution in [3.8, 4) is 0 Å². The number of hydrogen-bond donors (Lipinski definition) is 1. The van der Waals surface area contributed by atoms with E-state index in [1.807, 2.05) is 43.9 Å². The van der Waals surface area contributed by atoms with Gasteiger partial charge in [-0.2, -0.15) is 0 Å². The van der Waals surface area contributed by atoms with Crippen molar-refractivity contribution in [3.05, 3.63) is 64.2 Å². The first-order valence-electron chi connectivity index (χ1n) is 9.92. The molecule has 1 aliphatic heterocycles. The fourth-order valence-corrected chi connectivity index (χ4v) is 3.76. The van der Waals surface area contributed by atoms with Gasteiger partial charge < -0.3 is 9.88 Å². The molecule has 1 N–H and O–H groups in total. The van der Waals surface area contributed by atoms with Crippen molar-refractivity contribution in [2.75, 3.05) is 13.1 Å². The molecule has 4 heterocycles. The molecule has 1 aliphatic rings. The first-order valence-corrected chi connectivity index (χ1v) is 9.92. The fraction of sp³-hybridized carbons (Fsp3) is 0.409. The highest BCUT2D eigenvalue weighted by molar-refractivity contribution is 5.93. The number of nitrogens with zero attached hydrogens (tertiary/aromatic N) is 4. The Balaban J connectivity index is 1.55. The van der Waals surface area contributed by atoms with Gasteiger partial charge in [0, 0.05) is 54.1 Å². The van der Waals surface area contributed by atoms with E-state index in [2.05, 4.69) is 19.9 Å². The standard InChI is InChI=1S/C22H25N5O2/c1-22(2,3)21-24-11-16(12-25-21)20(29)27-9-5-7-15(13-27)17-10-14-6-4-8-23-18(14)19(28)26-17/h4,6,8,10-12,15H,5,7,9,13H2,1-3H3,(H,26,28)/t15-/m0/s1. The van der Waals surface area contributed by atoms with Crippen molar-refractivity contribution in [2.45, 2.75) is 44.9 Å². The highest BCUT2D eigenvalue weighted by Gasteiger charge is 2.27. The smallest absolute Gasteiger partial charge is 0.274 e. The first kappa shape index (κ1) is 19.2. The van der Waals surface area contributed by atoms with Crippen molar-refractivity contribution in [1.82, 2.24) is 24.8 Å². The minimum absolute atomic E-state index is 0.0695. The zero-order valence-corrected chi connectivity index (χ0v) is 17.0. The maximum absolute atomic E-state index is 13.0. The maximum atomic E-state index is 13.0. The molecule has 7 nitrogen and oxygen atoms in total. The minimum atomic E-state index is -0.187. The summed E-state index contributed by atoms with van der Waals surface area (Å²) in [6.07, 6.45) is 6.65. The van der Waals surface area contributed by atoms with E-state index in [1.54, 1.807) is 18.6 Å². The molecule has 0 radical (unpaired) electrons. The normalized spacial score (nSPS) is 17.5. The number of aromatic nitrogens is 4. The molecule has 1 atom stereocenters. The summed E-state index contributed by atoms with van der Waals surface area (Å²) in [5, 5.41) is 0.820. The maximum Gasteiger partial charge on any atom is 0.274 e. The van der Waals surface area contributed by atoms with Gasteiger partial charge in [0.1, 0.15) is 11.3 Å². The molecule has 3 aromatic rings. The van der Waals surface area contributed by atoms with Gasteiger partial charge in [0.25, 0.3) is 11.5 Å². The number of carbonyl (C=O) groups is 1. The highest BCUT2D eigenvalue weighted by atomic mass is 16.2. The number of rotatable bonds is 2. The number of aromatic amines is 1. The molecular formula is C22H25N5O2. The third-order valence-corrected chi connectivity index (χ3v) is 5.34. The summed E-state index contributed by atoms with van der Waals surface area (Å²) in [6.45, 7) is 7.37. The third-order valence-electron chi connectivity index (χ3n) is 5.34. The number of likely N-dealkylation sites (tertiary alicyclic amines) is 1. The number of nitrogens with one attached hydrogen (secondary N) is 1. The van der Waals surface area contributed by atoms with E-state index in [0.29, 0.717) is 30.0 Å². The minimum Gasteiger partial charge on any atom is -0.338 e. The zero-order valence-electron chi connectivity index (χ0n) is 17.0. The van der Waals surface area contributed by atoms with Crippen molar-refractivity contribution < 1.29 is 4.79 Å². The van der Waals surface area contributed by atoms with Gasteiger partial charge >= 0.3 is 0 Å². The van der Waals surface area contributed by atoms with Crippen LogP contribution in [0.25, 0.3) is 10.9 Å². The van der Waals surface area contributed by atoms with Gasteiger partial charge in [-0.05, 0) is 25.0 Å². The van der Waals surface area contributed by atoms with E-state index in [0.717, 1.165) is 23.9 Å². The zero-order chi connectivity index (χ0) is 20.6. The molecule has 4 rings (SSSR count). The Morgan fingerprint density at radius 1 is 1.21 bits per heavy atom. The molecule has 3 aromatic heterocycles. The number of H-pyrrole nitrogens is 1. The first-order chi connectivity index (χ1) is 13.8. The quantitative estimate of drug-likeness (QED) is 0.725. The Kier molecular flexibility index (Phi) is 4.90. The second-order valence-electron chi connectivity index (χ2n) is 8.63. The summed E-state index contributed by atoms with van der Waals surface area (Å²) in [5.74, 6) is 0.729. The molecule has 0 saturated carbocycles. The second-order valence-corrected chi connectivity index (χ2v) is 8.63. The van der Waals surface area contributed by atoms with E-state index >= 15 is 0 Å². The molecule has 0 spiro atoms. The number of pyridine rings is 2. The van der Waals surface area contributed by atoms with Crippen LogP contribution in [0.2, 0.25) is 0 Å². The van der Waals surface area contributed by atoms with Gasteiger partial charge in [-0.15, -0.1) is 0 Å². The summed E-state index contributed by atoms with van der Waals surface area (Å²) in [7, 11) is 0. The van der Waals surface area contributed by atoms with Gasteiger partial charge in [0.15, 0.2) is 0 Å². The Labute approximate surface area is 169 Å². The van der Waals surface area contributed by atoms with Crippen LogP contribution in [0.1, 0.15) is 61.4 Å². The average molecular weight is 391 g/mol.